The summed E-state index contributed by atoms with van der Waals surface area (Å²) in [4.78, 5) is 11.9. The highest BCUT2D eigenvalue weighted by Crippen LogP contribution is 2.39. The summed E-state index contributed by atoms with van der Waals surface area (Å²) in [6, 6.07) is 5.81. The first kappa shape index (κ1) is 15.0. The van der Waals surface area contributed by atoms with Gasteiger partial charge in [-0.1, -0.05) is 44.7 Å². The Balaban J connectivity index is 2.08. The molecule has 3 nitrogen and oxygen atoms in total. The molecule has 1 amide bonds. The van der Waals surface area contributed by atoms with Gasteiger partial charge in [-0.3, -0.25) is 4.79 Å². The number of carbonyl (C=O) groups is 1. The van der Waals surface area contributed by atoms with Crippen LogP contribution in [0, 0.1) is 0 Å². The van der Waals surface area contributed by atoms with Gasteiger partial charge in [-0.2, -0.15) is 0 Å². The Bertz CT molecular complexity index is 494. The highest BCUT2D eigenvalue weighted by molar-refractivity contribution is 6.05. The Morgan fingerprint density at radius 3 is 2.70 bits per heavy atom. The van der Waals surface area contributed by atoms with Crippen LogP contribution in [0.1, 0.15) is 70.1 Å². The van der Waals surface area contributed by atoms with Gasteiger partial charge in [-0.25, -0.2) is 0 Å². The average Bonchev–Trinajstić information content (AvgIpc) is 2.65. The molecule has 20 heavy (non-hydrogen) atoms. The average molecular weight is 275 g/mol. The molecule has 1 aliphatic heterocycles. The van der Waals surface area contributed by atoms with Crippen molar-refractivity contribution in [3.63, 3.8) is 0 Å². The zero-order chi connectivity index (χ0) is 14.8. The fourth-order valence-electron chi connectivity index (χ4n) is 2.73. The van der Waals surface area contributed by atoms with Gasteiger partial charge in [0.15, 0.2) is 0 Å². The number of anilines is 1. The van der Waals surface area contributed by atoms with E-state index in [2.05, 4.69) is 12.2 Å². The third-order valence-corrected chi connectivity index (χ3v) is 4.25. The first-order valence-corrected chi connectivity index (χ1v) is 7.60. The summed E-state index contributed by atoms with van der Waals surface area (Å²) in [6.45, 7) is 6.03. The summed E-state index contributed by atoms with van der Waals surface area (Å²) in [5.74, 6) is 0.0297. The van der Waals surface area contributed by atoms with E-state index < -0.39 is 11.5 Å². The quantitative estimate of drug-likeness (QED) is 0.773. The van der Waals surface area contributed by atoms with E-state index in [0.29, 0.717) is 0 Å². The summed E-state index contributed by atoms with van der Waals surface area (Å²) in [5.41, 5.74) is 2.28. The van der Waals surface area contributed by atoms with Gasteiger partial charge in [-0.15, -0.1) is 0 Å². The molecule has 0 aliphatic carbocycles. The summed E-state index contributed by atoms with van der Waals surface area (Å²) < 4.78 is 0. The van der Waals surface area contributed by atoms with Crippen molar-refractivity contribution >= 4 is 11.6 Å². The fourth-order valence-corrected chi connectivity index (χ4v) is 2.73. The largest absolute Gasteiger partial charge is 0.388 e. The van der Waals surface area contributed by atoms with Crippen LogP contribution in [0.3, 0.4) is 0 Å². The SMILES string of the molecule is CCCCCCC(O)c1ccc2c(c1)C(C)(C)C(=O)N2. The van der Waals surface area contributed by atoms with Crippen LogP contribution in [-0.2, 0) is 10.2 Å². The van der Waals surface area contributed by atoms with Crippen molar-refractivity contribution in [2.75, 3.05) is 5.32 Å². The van der Waals surface area contributed by atoms with Crippen LogP contribution in [-0.4, -0.2) is 11.0 Å². The van der Waals surface area contributed by atoms with Crippen molar-refractivity contribution in [3.05, 3.63) is 29.3 Å². The van der Waals surface area contributed by atoms with E-state index in [1.165, 1.54) is 19.3 Å². The lowest BCUT2D eigenvalue weighted by Crippen LogP contribution is -2.26. The molecule has 110 valence electrons. The van der Waals surface area contributed by atoms with Crippen molar-refractivity contribution in [3.8, 4) is 0 Å². The molecule has 2 rings (SSSR count). The Kier molecular flexibility index (Phi) is 4.48. The highest BCUT2D eigenvalue weighted by atomic mass is 16.3. The molecule has 0 spiro atoms. The number of rotatable bonds is 6. The van der Waals surface area contributed by atoms with Crippen molar-refractivity contribution in [1.29, 1.82) is 0 Å². The molecular weight excluding hydrogens is 250 g/mol. The number of hydrogen-bond acceptors (Lipinski definition) is 2. The Hall–Kier alpha value is -1.35. The van der Waals surface area contributed by atoms with E-state index in [4.69, 9.17) is 0 Å². The van der Waals surface area contributed by atoms with Crippen LogP contribution < -0.4 is 5.32 Å². The maximum absolute atomic E-state index is 11.9. The second kappa shape index (κ2) is 5.96. The zero-order valence-corrected chi connectivity index (χ0v) is 12.7. The van der Waals surface area contributed by atoms with Crippen LogP contribution >= 0.6 is 0 Å². The third kappa shape index (κ3) is 2.88. The predicted octanol–water partition coefficient (Wildman–Crippen LogP) is 3.92. The maximum atomic E-state index is 11.9. The van der Waals surface area contributed by atoms with E-state index >= 15 is 0 Å². The summed E-state index contributed by atoms with van der Waals surface area (Å²) in [5, 5.41) is 13.2. The van der Waals surface area contributed by atoms with Gasteiger partial charge in [-0.05, 0) is 37.5 Å². The Morgan fingerprint density at radius 1 is 1.25 bits per heavy atom. The maximum Gasteiger partial charge on any atom is 0.234 e. The van der Waals surface area contributed by atoms with Crippen molar-refractivity contribution in [1.82, 2.24) is 0 Å². The van der Waals surface area contributed by atoms with E-state index in [0.717, 1.165) is 29.7 Å². The van der Waals surface area contributed by atoms with Crippen molar-refractivity contribution in [2.24, 2.45) is 0 Å². The van der Waals surface area contributed by atoms with E-state index in [-0.39, 0.29) is 5.91 Å². The molecule has 0 fully saturated rings. The minimum atomic E-state index is -0.507. The Labute approximate surface area is 121 Å². The topological polar surface area (TPSA) is 49.3 Å². The lowest BCUT2D eigenvalue weighted by Gasteiger charge is -2.17. The molecule has 2 N–H and O–H groups in total. The standard InChI is InChI=1S/C17H25NO2/c1-4-5-6-7-8-15(19)12-9-10-14-13(11-12)17(2,3)16(20)18-14/h9-11,15,19H,4-8H2,1-3H3,(H,18,20). The molecule has 0 saturated heterocycles. The van der Waals surface area contributed by atoms with Gasteiger partial charge in [0.05, 0.1) is 11.5 Å². The van der Waals surface area contributed by atoms with Crippen LogP contribution in [0.2, 0.25) is 0 Å². The molecule has 0 bridgehead atoms. The molecule has 1 aromatic rings. The molecule has 0 radical (unpaired) electrons. The van der Waals surface area contributed by atoms with Crippen molar-refractivity contribution < 1.29 is 9.90 Å². The number of fused-ring (bicyclic) bond motifs is 1. The minimum Gasteiger partial charge on any atom is -0.388 e. The minimum absolute atomic E-state index is 0.0297. The predicted molar refractivity (Wildman–Crippen MR) is 81.8 cm³/mol. The van der Waals surface area contributed by atoms with Gasteiger partial charge in [0.1, 0.15) is 0 Å². The molecule has 1 aromatic carbocycles. The zero-order valence-electron chi connectivity index (χ0n) is 12.7. The number of unbranched alkanes of at least 4 members (excludes halogenated alkanes) is 3. The number of benzene rings is 1. The molecule has 1 atom stereocenters. The summed E-state index contributed by atoms with van der Waals surface area (Å²) >= 11 is 0. The van der Waals surface area contributed by atoms with Crippen molar-refractivity contribution in [2.45, 2.75) is 64.4 Å². The summed E-state index contributed by atoms with van der Waals surface area (Å²) in [6.07, 6.45) is 5.01. The van der Waals surface area contributed by atoms with Crippen LogP contribution in [0.25, 0.3) is 0 Å². The molecule has 0 aromatic heterocycles. The van der Waals surface area contributed by atoms with E-state index in [1.54, 1.807) is 0 Å². The monoisotopic (exact) mass is 275 g/mol. The van der Waals surface area contributed by atoms with Gasteiger partial charge < -0.3 is 10.4 Å². The smallest absolute Gasteiger partial charge is 0.234 e. The first-order chi connectivity index (χ1) is 9.46. The molecule has 3 heteroatoms. The molecule has 1 unspecified atom stereocenters. The lowest BCUT2D eigenvalue weighted by molar-refractivity contribution is -0.119. The third-order valence-electron chi connectivity index (χ3n) is 4.25. The number of nitrogens with one attached hydrogen (secondary N) is 1. The molecular formula is C17H25NO2. The lowest BCUT2D eigenvalue weighted by atomic mass is 9.84. The second-order valence-corrected chi connectivity index (χ2v) is 6.25. The second-order valence-electron chi connectivity index (χ2n) is 6.25. The van der Waals surface area contributed by atoms with Gasteiger partial charge in [0.2, 0.25) is 5.91 Å². The van der Waals surface area contributed by atoms with Crippen LogP contribution in [0.15, 0.2) is 18.2 Å². The number of carbonyl (C=O) groups excluding carboxylic acids is 1. The van der Waals surface area contributed by atoms with E-state index in [9.17, 15) is 9.90 Å². The van der Waals surface area contributed by atoms with Gasteiger partial charge in [0, 0.05) is 5.69 Å². The van der Waals surface area contributed by atoms with Crippen LogP contribution in [0.4, 0.5) is 5.69 Å². The fraction of sp³-hybridized carbons (Fsp3) is 0.588. The first-order valence-electron chi connectivity index (χ1n) is 7.60. The van der Waals surface area contributed by atoms with Crippen LogP contribution in [0.5, 0.6) is 0 Å². The number of aliphatic hydroxyl groups excluding tert-OH is 1. The molecule has 1 heterocycles. The van der Waals surface area contributed by atoms with E-state index in [1.807, 2.05) is 32.0 Å². The number of hydrogen-bond donors (Lipinski definition) is 2. The number of aliphatic hydroxyl groups is 1. The highest BCUT2D eigenvalue weighted by Gasteiger charge is 2.38. The Morgan fingerprint density at radius 2 is 2.00 bits per heavy atom. The molecule has 1 aliphatic rings. The summed E-state index contributed by atoms with van der Waals surface area (Å²) in [7, 11) is 0. The normalized spacial score (nSPS) is 17.7. The van der Waals surface area contributed by atoms with Gasteiger partial charge in [0.25, 0.3) is 0 Å². The number of amides is 1. The van der Waals surface area contributed by atoms with Gasteiger partial charge >= 0.3 is 0 Å². The molecule has 0 saturated carbocycles.